The van der Waals surface area contributed by atoms with Gasteiger partial charge in [-0.1, -0.05) is 37.1 Å². The summed E-state index contributed by atoms with van der Waals surface area (Å²) < 4.78 is 29.9. The Morgan fingerprint density at radius 1 is 1.28 bits per heavy atom. The maximum Gasteiger partial charge on any atom is 0.339 e. The quantitative estimate of drug-likeness (QED) is 0.706. The van der Waals surface area contributed by atoms with Crippen molar-refractivity contribution in [3.05, 3.63) is 58.6 Å². The molecule has 0 fully saturated rings. The van der Waals surface area contributed by atoms with Crippen LogP contribution in [0.3, 0.4) is 0 Å². The van der Waals surface area contributed by atoms with E-state index in [1.807, 2.05) is 0 Å². The SMILES string of the molecule is CCCC(Oc1ccc(O)c(C(=O)O)c1)(c1ccc(Cl)cc1)S(=O)[O-]. The van der Waals surface area contributed by atoms with Crippen molar-refractivity contribution < 1.29 is 28.5 Å². The van der Waals surface area contributed by atoms with Gasteiger partial charge in [-0.15, -0.1) is 0 Å². The van der Waals surface area contributed by atoms with Gasteiger partial charge in [-0.05, 0) is 41.4 Å². The number of carbonyl (C=O) groups is 1. The molecule has 25 heavy (non-hydrogen) atoms. The van der Waals surface area contributed by atoms with Crippen LogP contribution in [-0.4, -0.2) is 24.9 Å². The Labute approximate surface area is 152 Å². The van der Waals surface area contributed by atoms with Gasteiger partial charge in [0.05, 0.1) is 0 Å². The zero-order valence-corrected chi connectivity index (χ0v) is 14.8. The molecule has 2 rings (SSSR count). The van der Waals surface area contributed by atoms with Gasteiger partial charge in [0.2, 0.25) is 0 Å². The summed E-state index contributed by atoms with van der Waals surface area (Å²) in [6.07, 6.45) is 0.647. The molecule has 0 aromatic heterocycles. The molecule has 2 unspecified atom stereocenters. The second-order valence-corrected chi connectivity index (χ2v) is 6.90. The van der Waals surface area contributed by atoms with E-state index in [-0.39, 0.29) is 17.7 Å². The molecule has 2 N–H and O–H groups in total. The Morgan fingerprint density at radius 3 is 2.44 bits per heavy atom. The van der Waals surface area contributed by atoms with Gasteiger partial charge < -0.3 is 19.5 Å². The number of ether oxygens (including phenoxy) is 1. The molecule has 0 spiro atoms. The van der Waals surface area contributed by atoms with E-state index in [2.05, 4.69) is 0 Å². The van der Waals surface area contributed by atoms with E-state index in [1.54, 1.807) is 31.2 Å². The summed E-state index contributed by atoms with van der Waals surface area (Å²) in [6.45, 7) is 1.81. The zero-order valence-electron chi connectivity index (χ0n) is 13.3. The van der Waals surface area contributed by atoms with Crippen LogP contribution in [0.15, 0.2) is 42.5 Å². The summed E-state index contributed by atoms with van der Waals surface area (Å²) >= 11 is 3.20. The van der Waals surface area contributed by atoms with Gasteiger partial charge in [0.15, 0.2) is 4.93 Å². The third-order valence-corrected chi connectivity index (χ3v) is 4.93. The van der Waals surface area contributed by atoms with E-state index in [0.29, 0.717) is 17.0 Å². The van der Waals surface area contributed by atoms with Crippen molar-refractivity contribution in [2.24, 2.45) is 0 Å². The molecule has 0 aliphatic carbocycles. The first-order valence-corrected chi connectivity index (χ1v) is 8.86. The first kappa shape index (κ1) is 19.2. The second-order valence-electron chi connectivity index (χ2n) is 5.33. The maximum atomic E-state index is 12.1. The van der Waals surface area contributed by atoms with Crippen molar-refractivity contribution in [3.8, 4) is 11.5 Å². The lowest BCUT2D eigenvalue weighted by Crippen LogP contribution is -2.38. The van der Waals surface area contributed by atoms with Gasteiger partial charge in [-0.3, -0.25) is 4.21 Å². The van der Waals surface area contributed by atoms with Gasteiger partial charge >= 0.3 is 5.97 Å². The van der Waals surface area contributed by atoms with E-state index < -0.39 is 27.7 Å². The van der Waals surface area contributed by atoms with Crippen LogP contribution >= 0.6 is 11.6 Å². The fourth-order valence-corrected chi connectivity index (χ4v) is 3.43. The van der Waals surface area contributed by atoms with Crippen molar-refractivity contribution >= 4 is 28.7 Å². The standard InChI is InChI=1S/C17H17ClO6S/c1-2-9-17(25(22)23,11-3-5-12(18)6-4-11)24-13-7-8-15(19)14(10-13)16(20)21/h3-8,10,19H,2,9H2,1H3,(H,20,21)(H,22,23)/p-1. The number of carboxylic acid groups (broad SMARTS) is 1. The second kappa shape index (κ2) is 7.86. The van der Waals surface area contributed by atoms with E-state index in [4.69, 9.17) is 21.4 Å². The first-order valence-electron chi connectivity index (χ1n) is 7.41. The van der Waals surface area contributed by atoms with Crippen LogP contribution in [0.4, 0.5) is 0 Å². The van der Waals surface area contributed by atoms with Gasteiger partial charge in [0.1, 0.15) is 17.1 Å². The van der Waals surface area contributed by atoms with Crippen molar-refractivity contribution in [1.82, 2.24) is 0 Å². The molecule has 2 aromatic rings. The number of phenols is 1. The van der Waals surface area contributed by atoms with Crippen molar-refractivity contribution in [2.45, 2.75) is 24.7 Å². The van der Waals surface area contributed by atoms with Gasteiger partial charge in [0.25, 0.3) is 0 Å². The molecular formula is C17H16ClO6S-. The van der Waals surface area contributed by atoms with Gasteiger partial charge in [0, 0.05) is 17.0 Å². The number of hydrogen-bond acceptors (Lipinski definition) is 5. The Hall–Kier alpha value is -2.09. The summed E-state index contributed by atoms with van der Waals surface area (Å²) in [4.78, 5) is 9.45. The minimum atomic E-state index is -2.67. The molecule has 6 nitrogen and oxygen atoms in total. The largest absolute Gasteiger partial charge is 0.769 e. The summed E-state index contributed by atoms with van der Waals surface area (Å²) in [5.74, 6) is -1.77. The highest BCUT2D eigenvalue weighted by Gasteiger charge is 2.36. The highest BCUT2D eigenvalue weighted by Crippen LogP contribution is 2.37. The topological polar surface area (TPSA) is 107 Å². The fraction of sp³-hybridized carbons (Fsp3) is 0.235. The average Bonchev–Trinajstić information content (AvgIpc) is 2.56. The van der Waals surface area contributed by atoms with Crippen LogP contribution in [0.1, 0.15) is 35.7 Å². The summed E-state index contributed by atoms with van der Waals surface area (Å²) in [5, 5.41) is 19.1. The van der Waals surface area contributed by atoms with Crippen molar-refractivity contribution in [3.63, 3.8) is 0 Å². The van der Waals surface area contributed by atoms with Crippen LogP contribution in [0.25, 0.3) is 0 Å². The van der Waals surface area contributed by atoms with Gasteiger partial charge in [-0.2, -0.15) is 0 Å². The number of halogens is 1. The molecule has 0 radical (unpaired) electrons. The van der Waals surface area contributed by atoms with Crippen LogP contribution in [0.5, 0.6) is 11.5 Å². The predicted octanol–water partition coefficient (Wildman–Crippen LogP) is 3.65. The monoisotopic (exact) mass is 383 g/mol. The zero-order chi connectivity index (χ0) is 18.6. The number of aromatic carboxylic acids is 1. The summed E-state index contributed by atoms with van der Waals surface area (Å²) in [5.41, 5.74) is -0.00674. The molecule has 0 aliphatic rings. The maximum absolute atomic E-state index is 12.1. The van der Waals surface area contributed by atoms with E-state index >= 15 is 0 Å². The highest BCUT2D eigenvalue weighted by molar-refractivity contribution is 7.80. The first-order chi connectivity index (χ1) is 11.8. The normalized spacial score (nSPS) is 14.5. The Morgan fingerprint density at radius 2 is 1.92 bits per heavy atom. The number of carboxylic acids is 1. The lowest BCUT2D eigenvalue weighted by Gasteiger charge is -2.36. The Balaban J connectivity index is 2.53. The molecule has 0 saturated heterocycles. The van der Waals surface area contributed by atoms with E-state index in [9.17, 15) is 18.7 Å². The minimum Gasteiger partial charge on any atom is -0.769 e. The van der Waals surface area contributed by atoms with Gasteiger partial charge in [-0.25, -0.2) is 4.79 Å². The molecular weight excluding hydrogens is 368 g/mol. The molecule has 0 aliphatic heterocycles. The Bertz CT molecular complexity index is 792. The molecule has 134 valence electrons. The molecule has 8 heteroatoms. The van der Waals surface area contributed by atoms with E-state index in [1.165, 1.54) is 6.07 Å². The smallest absolute Gasteiger partial charge is 0.339 e. The molecule has 2 atom stereocenters. The van der Waals surface area contributed by atoms with Crippen molar-refractivity contribution in [2.75, 3.05) is 0 Å². The predicted molar refractivity (Wildman–Crippen MR) is 92.7 cm³/mol. The number of aromatic hydroxyl groups is 1. The minimum absolute atomic E-state index is 0.0165. The molecule has 0 bridgehead atoms. The third-order valence-electron chi connectivity index (χ3n) is 3.61. The van der Waals surface area contributed by atoms with Crippen LogP contribution in [0.2, 0.25) is 5.02 Å². The number of benzene rings is 2. The molecule has 2 aromatic carbocycles. The molecule has 0 heterocycles. The highest BCUT2D eigenvalue weighted by atomic mass is 35.5. The Kier molecular flexibility index (Phi) is 6.05. The van der Waals surface area contributed by atoms with Crippen LogP contribution in [0, 0.1) is 0 Å². The molecule has 0 amide bonds. The van der Waals surface area contributed by atoms with Crippen molar-refractivity contribution in [1.29, 1.82) is 0 Å². The van der Waals surface area contributed by atoms with Crippen LogP contribution in [-0.2, 0) is 16.0 Å². The lowest BCUT2D eigenvalue weighted by atomic mass is 10.0. The van der Waals surface area contributed by atoms with Crippen LogP contribution < -0.4 is 4.74 Å². The van der Waals surface area contributed by atoms with E-state index in [0.717, 1.165) is 12.1 Å². The molecule has 0 saturated carbocycles. The fourth-order valence-electron chi connectivity index (χ4n) is 2.44. The third kappa shape index (κ3) is 4.12. The summed E-state index contributed by atoms with van der Waals surface area (Å²) in [7, 11) is 0. The average molecular weight is 384 g/mol. The lowest BCUT2D eigenvalue weighted by molar-refractivity contribution is 0.0692. The summed E-state index contributed by atoms with van der Waals surface area (Å²) in [6, 6.07) is 9.75. The number of hydrogen-bond donors (Lipinski definition) is 2. The number of rotatable bonds is 7.